The van der Waals surface area contributed by atoms with E-state index in [-0.39, 0.29) is 5.28 Å². The number of aromatic nitrogens is 2. The molecular weight excluding hydrogens is 318 g/mol. The summed E-state index contributed by atoms with van der Waals surface area (Å²) in [5, 5.41) is 1.01. The zero-order valence-electron chi connectivity index (χ0n) is 14.3. The van der Waals surface area contributed by atoms with Crippen LogP contribution in [0.25, 0.3) is 28.1 Å². The molecule has 3 rings (SSSR count). The summed E-state index contributed by atoms with van der Waals surface area (Å²) in [6, 6.07) is 8.50. The number of allylic oxidation sites excluding steroid dienone is 1. The van der Waals surface area contributed by atoms with E-state index in [2.05, 4.69) is 55.0 Å². The SMILES string of the molecule is C/C=C/c1cc(C)c(-c2cc(C)cc3c(N)nc(Cl)nc23)c(C)c1. The number of anilines is 1. The monoisotopic (exact) mass is 337 g/mol. The van der Waals surface area contributed by atoms with Crippen molar-refractivity contribution in [3.8, 4) is 11.1 Å². The molecule has 0 unspecified atom stereocenters. The van der Waals surface area contributed by atoms with Gasteiger partial charge in [0.15, 0.2) is 0 Å². The lowest BCUT2D eigenvalue weighted by Gasteiger charge is -2.15. The fraction of sp³-hybridized carbons (Fsp3) is 0.200. The highest BCUT2D eigenvalue weighted by atomic mass is 35.5. The molecule has 1 heterocycles. The number of rotatable bonds is 2. The summed E-state index contributed by atoms with van der Waals surface area (Å²) in [5.41, 5.74) is 13.8. The second-order valence-electron chi connectivity index (χ2n) is 6.12. The van der Waals surface area contributed by atoms with Gasteiger partial charge in [-0.3, -0.25) is 0 Å². The molecule has 0 aliphatic rings. The smallest absolute Gasteiger partial charge is 0.224 e. The molecular formula is C20H20ClN3. The van der Waals surface area contributed by atoms with Crippen molar-refractivity contribution in [3.63, 3.8) is 0 Å². The quantitative estimate of drug-likeness (QED) is 0.629. The maximum atomic E-state index is 6.07. The number of halogens is 1. The molecule has 0 spiro atoms. The lowest BCUT2D eigenvalue weighted by Crippen LogP contribution is -1.99. The summed E-state index contributed by atoms with van der Waals surface area (Å²) in [5.74, 6) is 0.413. The first-order valence-electron chi connectivity index (χ1n) is 7.88. The Bertz CT molecular complexity index is 951. The van der Waals surface area contributed by atoms with Gasteiger partial charge in [0, 0.05) is 10.9 Å². The summed E-state index contributed by atoms with van der Waals surface area (Å²) in [7, 11) is 0. The minimum Gasteiger partial charge on any atom is -0.383 e. The molecule has 2 N–H and O–H groups in total. The van der Waals surface area contributed by atoms with Crippen LogP contribution in [-0.2, 0) is 0 Å². The number of hydrogen-bond acceptors (Lipinski definition) is 3. The Hall–Kier alpha value is -2.39. The number of nitrogens with zero attached hydrogens (tertiary/aromatic N) is 2. The van der Waals surface area contributed by atoms with Crippen molar-refractivity contribution in [1.82, 2.24) is 9.97 Å². The number of nitrogens with two attached hydrogens (primary N) is 1. The van der Waals surface area contributed by atoms with Crippen LogP contribution >= 0.6 is 11.6 Å². The molecule has 0 fully saturated rings. The third kappa shape index (κ3) is 2.87. The van der Waals surface area contributed by atoms with Gasteiger partial charge in [-0.2, -0.15) is 0 Å². The van der Waals surface area contributed by atoms with Crippen molar-refractivity contribution in [2.24, 2.45) is 0 Å². The van der Waals surface area contributed by atoms with Gasteiger partial charge in [0.25, 0.3) is 0 Å². The van der Waals surface area contributed by atoms with Crippen molar-refractivity contribution in [3.05, 3.63) is 57.9 Å². The molecule has 122 valence electrons. The Balaban J connectivity index is 2.38. The lowest BCUT2D eigenvalue weighted by molar-refractivity contribution is 1.22. The first kappa shape index (κ1) is 16.5. The first-order chi connectivity index (χ1) is 11.4. The molecule has 0 radical (unpaired) electrons. The van der Waals surface area contributed by atoms with E-state index in [1.165, 1.54) is 22.3 Å². The largest absolute Gasteiger partial charge is 0.383 e. The number of aryl methyl sites for hydroxylation is 3. The van der Waals surface area contributed by atoms with Crippen LogP contribution in [-0.4, -0.2) is 9.97 Å². The highest BCUT2D eigenvalue weighted by Gasteiger charge is 2.15. The van der Waals surface area contributed by atoms with Crippen molar-refractivity contribution >= 4 is 34.4 Å². The third-order valence-electron chi connectivity index (χ3n) is 4.13. The summed E-state index contributed by atoms with van der Waals surface area (Å²) in [4.78, 5) is 8.54. The molecule has 0 bridgehead atoms. The van der Waals surface area contributed by atoms with E-state index in [0.717, 1.165) is 22.0 Å². The van der Waals surface area contributed by atoms with E-state index in [1.807, 2.05) is 19.1 Å². The zero-order chi connectivity index (χ0) is 17.4. The van der Waals surface area contributed by atoms with Crippen molar-refractivity contribution in [2.75, 3.05) is 5.73 Å². The van der Waals surface area contributed by atoms with Crippen molar-refractivity contribution < 1.29 is 0 Å². The molecule has 24 heavy (non-hydrogen) atoms. The molecule has 3 nitrogen and oxygen atoms in total. The highest BCUT2D eigenvalue weighted by molar-refractivity contribution is 6.29. The molecule has 3 aromatic rings. The third-order valence-corrected chi connectivity index (χ3v) is 4.30. The van der Waals surface area contributed by atoms with Gasteiger partial charge < -0.3 is 5.73 Å². The number of fused-ring (bicyclic) bond motifs is 1. The predicted octanol–water partition coefficient (Wildman–Crippen LogP) is 5.49. The van der Waals surface area contributed by atoms with Crippen LogP contribution in [0.5, 0.6) is 0 Å². The van der Waals surface area contributed by atoms with E-state index >= 15 is 0 Å². The van der Waals surface area contributed by atoms with Gasteiger partial charge in [-0.1, -0.05) is 24.3 Å². The molecule has 2 aromatic carbocycles. The molecule has 0 saturated carbocycles. The lowest BCUT2D eigenvalue weighted by atomic mass is 9.91. The average Bonchev–Trinajstić information content (AvgIpc) is 2.48. The molecule has 0 atom stereocenters. The van der Waals surface area contributed by atoms with Gasteiger partial charge in [0.1, 0.15) is 5.82 Å². The molecule has 0 aliphatic heterocycles. The Morgan fingerprint density at radius 1 is 1.00 bits per heavy atom. The summed E-state index contributed by atoms with van der Waals surface area (Å²) < 4.78 is 0. The van der Waals surface area contributed by atoms with Gasteiger partial charge in [0.2, 0.25) is 5.28 Å². The van der Waals surface area contributed by atoms with Crippen LogP contribution in [0, 0.1) is 20.8 Å². The molecule has 0 aliphatic carbocycles. The maximum Gasteiger partial charge on any atom is 0.224 e. The summed E-state index contributed by atoms with van der Waals surface area (Å²) in [6.07, 6.45) is 4.15. The number of nitrogen functional groups attached to an aromatic ring is 1. The van der Waals surface area contributed by atoms with E-state index < -0.39 is 0 Å². The van der Waals surface area contributed by atoms with Crippen molar-refractivity contribution in [1.29, 1.82) is 0 Å². The maximum absolute atomic E-state index is 6.07. The van der Waals surface area contributed by atoms with E-state index in [0.29, 0.717) is 5.82 Å². The van der Waals surface area contributed by atoms with E-state index in [4.69, 9.17) is 17.3 Å². The second-order valence-corrected chi connectivity index (χ2v) is 6.45. The van der Waals surface area contributed by atoms with Gasteiger partial charge in [0.05, 0.1) is 5.52 Å². The Morgan fingerprint density at radius 2 is 1.67 bits per heavy atom. The Morgan fingerprint density at radius 3 is 2.29 bits per heavy atom. The minimum absolute atomic E-state index is 0.172. The van der Waals surface area contributed by atoms with Crippen LogP contribution in [0.15, 0.2) is 30.3 Å². The molecule has 1 aromatic heterocycles. The van der Waals surface area contributed by atoms with Gasteiger partial charge >= 0.3 is 0 Å². The Labute approximate surface area is 147 Å². The summed E-state index contributed by atoms with van der Waals surface area (Å²) >= 11 is 6.06. The average molecular weight is 338 g/mol. The van der Waals surface area contributed by atoms with E-state index in [9.17, 15) is 0 Å². The van der Waals surface area contributed by atoms with Gasteiger partial charge in [-0.15, -0.1) is 0 Å². The highest BCUT2D eigenvalue weighted by Crippen LogP contribution is 2.36. The molecule has 0 saturated heterocycles. The van der Waals surface area contributed by atoms with E-state index in [1.54, 1.807) is 0 Å². The standard InChI is InChI=1S/C20H20ClN3/c1-5-6-14-9-12(3)17(13(4)10-14)15-7-11(2)8-16-18(15)23-20(21)24-19(16)22/h5-10H,1-4H3,(H2,22,23,24)/b6-5+. The van der Waals surface area contributed by atoms with Crippen LogP contribution in [0.1, 0.15) is 29.2 Å². The fourth-order valence-corrected chi connectivity index (χ4v) is 3.45. The van der Waals surface area contributed by atoms with Crippen LogP contribution in [0.2, 0.25) is 5.28 Å². The second kappa shape index (κ2) is 6.25. The molecule has 4 heteroatoms. The number of hydrogen-bond donors (Lipinski definition) is 1. The van der Waals surface area contributed by atoms with Crippen molar-refractivity contribution in [2.45, 2.75) is 27.7 Å². The summed E-state index contributed by atoms with van der Waals surface area (Å²) in [6.45, 7) is 8.31. The van der Waals surface area contributed by atoms with Crippen LogP contribution in [0.3, 0.4) is 0 Å². The van der Waals surface area contributed by atoms with Crippen LogP contribution in [0.4, 0.5) is 5.82 Å². The van der Waals surface area contributed by atoms with Gasteiger partial charge in [-0.25, -0.2) is 9.97 Å². The van der Waals surface area contributed by atoms with Crippen LogP contribution < -0.4 is 5.73 Å². The van der Waals surface area contributed by atoms with Gasteiger partial charge in [-0.05, 0) is 79.2 Å². The topological polar surface area (TPSA) is 51.8 Å². The predicted molar refractivity (Wildman–Crippen MR) is 103 cm³/mol. The zero-order valence-corrected chi connectivity index (χ0v) is 15.1. The number of benzene rings is 2. The molecule has 0 amide bonds. The minimum atomic E-state index is 0.172. The fourth-order valence-electron chi connectivity index (χ4n) is 3.27. The normalized spacial score (nSPS) is 11.5. The Kier molecular flexibility index (Phi) is 4.29. The first-order valence-corrected chi connectivity index (χ1v) is 8.26.